The fourth-order valence-electron chi connectivity index (χ4n) is 3.39. The second-order valence-corrected chi connectivity index (χ2v) is 9.76. The van der Waals surface area contributed by atoms with Gasteiger partial charge in [-0.2, -0.15) is 4.31 Å². The Bertz CT molecular complexity index is 1490. The van der Waals surface area contributed by atoms with E-state index in [-0.39, 0.29) is 28.6 Å². The maximum atomic E-state index is 13.5. The Morgan fingerprint density at radius 1 is 1.00 bits per heavy atom. The molecule has 1 heterocycles. The van der Waals surface area contributed by atoms with Crippen LogP contribution in [0.15, 0.2) is 65.6 Å². The number of halogens is 2. The molecule has 3 N–H and O–H groups in total. The van der Waals surface area contributed by atoms with Crippen molar-refractivity contribution in [1.82, 2.24) is 19.1 Å². The highest BCUT2D eigenvalue weighted by molar-refractivity contribution is 7.89. The number of phenols is 2. The molecule has 0 aliphatic heterocycles. The summed E-state index contributed by atoms with van der Waals surface area (Å²) in [4.78, 5) is -0.535. The first-order valence-electron chi connectivity index (χ1n) is 9.76. The lowest BCUT2D eigenvalue weighted by Crippen LogP contribution is -2.26. The molecule has 0 fully saturated rings. The standard InChI is InChI=1S/C22H18ClFN4O5S/c1-27(12-13-5-4-6-14(24)9-13)34(32,33)20-10-15(18(29)11-19(20)30)21-25-26-22(31)28(21)17-8-3-2-7-16(17)23/h2-11,29-30H,12H2,1H3,(H,26,31). The van der Waals surface area contributed by atoms with Crippen LogP contribution >= 0.6 is 11.6 Å². The molecule has 0 amide bonds. The van der Waals surface area contributed by atoms with Crippen LogP contribution in [0, 0.1) is 5.82 Å². The van der Waals surface area contributed by atoms with E-state index in [4.69, 9.17) is 11.6 Å². The van der Waals surface area contributed by atoms with Crippen molar-refractivity contribution in [1.29, 1.82) is 0 Å². The molecule has 0 radical (unpaired) electrons. The topological polar surface area (TPSA) is 129 Å². The smallest absolute Gasteiger partial charge is 0.319 e. The first-order valence-corrected chi connectivity index (χ1v) is 11.6. The minimum Gasteiger partial charge on any atom is -0.507 e. The molecular formula is C22H18ClFN4O5S. The molecule has 4 aromatic rings. The molecule has 1 aromatic heterocycles. The summed E-state index contributed by atoms with van der Waals surface area (Å²) >= 11 is 6.23. The minimum absolute atomic E-state index is 0.118. The van der Waals surface area contributed by atoms with Gasteiger partial charge in [0.1, 0.15) is 22.2 Å². The summed E-state index contributed by atoms with van der Waals surface area (Å²) in [6.45, 7) is -0.174. The quantitative estimate of drug-likeness (QED) is 0.365. The van der Waals surface area contributed by atoms with Gasteiger partial charge in [-0.3, -0.25) is 0 Å². The van der Waals surface area contributed by atoms with Gasteiger partial charge in [-0.05, 0) is 35.9 Å². The number of benzene rings is 3. The molecule has 0 aliphatic rings. The largest absolute Gasteiger partial charge is 0.507 e. The number of hydrogen-bond acceptors (Lipinski definition) is 7. The monoisotopic (exact) mass is 504 g/mol. The van der Waals surface area contributed by atoms with Crippen LogP contribution in [0.4, 0.5) is 4.39 Å². The second-order valence-electron chi connectivity index (χ2n) is 7.34. The number of rotatable bonds is 6. The van der Waals surface area contributed by atoms with E-state index in [0.717, 1.165) is 21.0 Å². The van der Waals surface area contributed by atoms with Crippen LogP contribution < -0.4 is 0 Å². The maximum absolute atomic E-state index is 13.5. The molecule has 0 bridgehead atoms. The fraction of sp³-hybridized carbons (Fsp3) is 0.0909. The van der Waals surface area contributed by atoms with Gasteiger partial charge < -0.3 is 15.3 Å². The molecule has 0 saturated carbocycles. The third-order valence-electron chi connectivity index (χ3n) is 5.04. The van der Waals surface area contributed by atoms with Crippen LogP contribution in [0.2, 0.25) is 5.02 Å². The van der Waals surface area contributed by atoms with Crippen molar-refractivity contribution in [2.24, 2.45) is 0 Å². The Hall–Kier alpha value is -3.67. The van der Waals surface area contributed by atoms with Crippen LogP contribution in [-0.4, -0.2) is 49.9 Å². The summed E-state index contributed by atoms with van der Waals surface area (Å²) in [5.41, 5.74) is 0.540. The zero-order chi connectivity index (χ0) is 24.6. The SMILES string of the molecule is CN(Cc1cccc(F)c1)S(=O)(=O)c1cc(-c2nnc(O)n2-c2ccccc2Cl)c(O)cc1O. The van der Waals surface area contributed by atoms with Gasteiger partial charge in [-0.25, -0.2) is 17.4 Å². The van der Waals surface area contributed by atoms with Crippen LogP contribution in [0.3, 0.4) is 0 Å². The number of nitrogens with zero attached hydrogens (tertiary/aromatic N) is 4. The normalized spacial score (nSPS) is 11.8. The lowest BCUT2D eigenvalue weighted by atomic mass is 10.1. The van der Waals surface area contributed by atoms with Gasteiger partial charge in [0.05, 0.1) is 16.3 Å². The van der Waals surface area contributed by atoms with E-state index in [1.807, 2.05) is 0 Å². The molecule has 12 heteroatoms. The average Bonchev–Trinajstić information content (AvgIpc) is 3.15. The number of aromatic nitrogens is 3. The van der Waals surface area contributed by atoms with Crippen LogP contribution in [-0.2, 0) is 16.6 Å². The molecular weight excluding hydrogens is 487 g/mol. The van der Waals surface area contributed by atoms with E-state index < -0.39 is 38.2 Å². The molecule has 0 unspecified atom stereocenters. The van der Waals surface area contributed by atoms with Gasteiger partial charge in [0.2, 0.25) is 10.0 Å². The summed E-state index contributed by atoms with van der Waals surface area (Å²) < 4.78 is 42.0. The predicted octanol–water partition coefficient (Wildman–Crippen LogP) is 3.66. The van der Waals surface area contributed by atoms with Crippen molar-refractivity contribution >= 4 is 21.6 Å². The number of para-hydroxylation sites is 1. The van der Waals surface area contributed by atoms with Gasteiger partial charge in [-0.1, -0.05) is 41.0 Å². The second kappa shape index (κ2) is 8.93. The highest BCUT2D eigenvalue weighted by Crippen LogP contribution is 2.39. The van der Waals surface area contributed by atoms with E-state index in [2.05, 4.69) is 10.2 Å². The Labute approximate surface area is 199 Å². The Kier molecular flexibility index (Phi) is 6.17. The van der Waals surface area contributed by atoms with Crippen molar-refractivity contribution < 1.29 is 28.1 Å². The maximum Gasteiger partial charge on any atom is 0.319 e. The van der Waals surface area contributed by atoms with E-state index in [0.29, 0.717) is 5.56 Å². The zero-order valence-corrected chi connectivity index (χ0v) is 19.2. The van der Waals surface area contributed by atoms with Crippen molar-refractivity contribution in [2.45, 2.75) is 11.4 Å². The summed E-state index contributed by atoms with van der Waals surface area (Å²) in [6.07, 6.45) is 0. The van der Waals surface area contributed by atoms with E-state index >= 15 is 0 Å². The summed E-state index contributed by atoms with van der Waals surface area (Å²) in [6, 6.07) is 13.2. The molecule has 3 aromatic carbocycles. The van der Waals surface area contributed by atoms with E-state index in [1.54, 1.807) is 30.3 Å². The van der Waals surface area contributed by atoms with Crippen molar-refractivity contribution in [3.05, 3.63) is 77.1 Å². The number of phenolic OH excluding ortho intramolecular Hbond substituents is 2. The molecule has 9 nitrogen and oxygen atoms in total. The third kappa shape index (κ3) is 4.28. The lowest BCUT2D eigenvalue weighted by Gasteiger charge is -2.19. The van der Waals surface area contributed by atoms with Crippen molar-refractivity contribution in [3.63, 3.8) is 0 Å². The first kappa shape index (κ1) is 23.5. The number of sulfonamides is 1. The molecule has 176 valence electrons. The van der Waals surface area contributed by atoms with Crippen molar-refractivity contribution in [3.8, 4) is 34.6 Å². The number of hydrogen-bond donors (Lipinski definition) is 3. The Morgan fingerprint density at radius 3 is 2.44 bits per heavy atom. The molecule has 0 aliphatic carbocycles. The summed E-state index contributed by atoms with van der Waals surface area (Å²) in [5, 5.41) is 38.8. The molecule has 4 rings (SSSR count). The zero-order valence-electron chi connectivity index (χ0n) is 17.6. The van der Waals surface area contributed by atoms with E-state index in [1.165, 1.54) is 25.2 Å². The number of aromatic hydroxyl groups is 3. The summed E-state index contributed by atoms with van der Waals surface area (Å²) in [5.74, 6) is -1.85. The lowest BCUT2D eigenvalue weighted by molar-refractivity contribution is 0.420. The molecule has 34 heavy (non-hydrogen) atoms. The molecule has 0 spiro atoms. The Morgan fingerprint density at radius 2 is 1.74 bits per heavy atom. The van der Waals surface area contributed by atoms with E-state index in [9.17, 15) is 28.1 Å². The minimum atomic E-state index is -4.30. The van der Waals surface area contributed by atoms with Gasteiger partial charge in [-0.15, -0.1) is 5.10 Å². The molecule has 0 saturated heterocycles. The van der Waals surface area contributed by atoms with Crippen molar-refractivity contribution in [2.75, 3.05) is 7.05 Å². The van der Waals surface area contributed by atoms with Gasteiger partial charge in [0.25, 0.3) is 0 Å². The van der Waals surface area contributed by atoms with Crippen LogP contribution in [0.1, 0.15) is 5.56 Å². The van der Waals surface area contributed by atoms with Gasteiger partial charge >= 0.3 is 6.01 Å². The first-order chi connectivity index (χ1) is 16.1. The van der Waals surface area contributed by atoms with Gasteiger partial charge in [0.15, 0.2) is 5.82 Å². The fourth-order valence-corrected chi connectivity index (χ4v) is 4.86. The van der Waals surface area contributed by atoms with Gasteiger partial charge in [0, 0.05) is 19.7 Å². The highest BCUT2D eigenvalue weighted by Gasteiger charge is 2.28. The Balaban J connectivity index is 1.81. The van der Waals surface area contributed by atoms with Crippen LogP contribution in [0.25, 0.3) is 17.1 Å². The highest BCUT2D eigenvalue weighted by atomic mass is 35.5. The summed E-state index contributed by atoms with van der Waals surface area (Å²) in [7, 11) is -3.03. The third-order valence-corrected chi connectivity index (χ3v) is 7.19. The predicted molar refractivity (Wildman–Crippen MR) is 122 cm³/mol. The van der Waals surface area contributed by atoms with Crippen LogP contribution in [0.5, 0.6) is 17.5 Å². The average molecular weight is 505 g/mol. The molecule has 0 atom stereocenters.